The molecule has 1 fully saturated rings. The van der Waals surface area contributed by atoms with E-state index in [2.05, 4.69) is 36.4 Å². The average molecular weight is 392 g/mol. The van der Waals surface area contributed by atoms with Crippen molar-refractivity contribution in [1.82, 2.24) is 10.2 Å². The number of methoxy groups -OCH3 is 1. The highest BCUT2D eigenvalue weighted by atomic mass is 16.5. The zero-order valence-corrected chi connectivity index (χ0v) is 17.3. The first-order valence-corrected chi connectivity index (χ1v) is 10.1. The SMILES string of the molecule is COc1ccc2occc2c1C(=O)NC(c1ccccc1)C1(N(C)C)CCCC1. The van der Waals surface area contributed by atoms with Crippen LogP contribution in [0.15, 0.2) is 59.2 Å². The summed E-state index contributed by atoms with van der Waals surface area (Å²) in [7, 11) is 5.82. The van der Waals surface area contributed by atoms with Crippen molar-refractivity contribution in [3.05, 3.63) is 65.9 Å². The van der Waals surface area contributed by atoms with Crippen molar-refractivity contribution in [3.63, 3.8) is 0 Å². The van der Waals surface area contributed by atoms with Crippen LogP contribution in [0.3, 0.4) is 0 Å². The molecule has 1 aliphatic rings. The molecule has 5 heteroatoms. The van der Waals surface area contributed by atoms with E-state index >= 15 is 0 Å². The number of benzene rings is 2. The molecule has 3 aromatic rings. The maximum atomic E-state index is 13.6. The Balaban J connectivity index is 1.78. The smallest absolute Gasteiger partial charge is 0.256 e. The number of likely N-dealkylation sites (N-methyl/N-ethyl adjacent to an activating group) is 1. The molecule has 4 rings (SSSR count). The average Bonchev–Trinajstić information content (AvgIpc) is 3.41. The molecule has 2 aromatic carbocycles. The first kappa shape index (κ1) is 19.5. The highest BCUT2D eigenvalue weighted by Gasteiger charge is 2.45. The van der Waals surface area contributed by atoms with Gasteiger partial charge in [0.1, 0.15) is 11.3 Å². The lowest BCUT2D eigenvalue weighted by molar-refractivity contribution is 0.0765. The van der Waals surface area contributed by atoms with Crippen LogP contribution >= 0.6 is 0 Å². The maximum Gasteiger partial charge on any atom is 0.256 e. The molecule has 1 aliphatic carbocycles. The van der Waals surface area contributed by atoms with E-state index in [9.17, 15) is 4.79 Å². The van der Waals surface area contributed by atoms with Gasteiger partial charge in [-0.3, -0.25) is 4.79 Å². The molecule has 1 amide bonds. The Hall–Kier alpha value is -2.79. The standard InChI is InChI=1S/C24H28N2O3/c1-26(2)24(14-7-8-15-24)22(17-9-5-4-6-10-17)25-23(27)21-18-13-16-29-19(18)11-12-20(21)28-3/h4-6,9-13,16,22H,7-8,14-15H2,1-3H3,(H,25,27). The summed E-state index contributed by atoms with van der Waals surface area (Å²) in [5.41, 5.74) is 2.20. The summed E-state index contributed by atoms with van der Waals surface area (Å²) < 4.78 is 11.0. The number of fused-ring (bicyclic) bond motifs is 1. The van der Waals surface area contributed by atoms with Gasteiger partial charge in [0.2, 0.25) is 0 Å². The number of hydrogen-bond acceptors (Lipinski definition) is 4. The van der Waals surface area contributed by atoms with Gasteiger partial charge in [-0.25, -0.2) is 0 Å². The summed E-state index contributed by atoms with van der Waals surface area (Å²) in [4.78, 5) is 15.9. The Kier molecular flexibility index (Phi) is 5.33. The topological polar surface area (TPSA) is 54.7 Å². The fourth-order valence-corrected chi connectivity index (χ4v) is 4.79. The summed E-state index contributed by atoms with van der Waals surface area (Å²) >= 11 is 0. The van der Waals surface area contributed by atoms with Gasteiger partial charge in [0, 0.05) is 10.9 Å². The van der Waals surface area contributed by atoms with Crippen molar-refractivity contribution >= 4 is 16.9 Å². The predicted octanol–water partition coefficient (Wildman–Crippen LogP) is 4.79. The normalized spacial score (nSPS) is 16.8. The van der Waals surface area contributed by atoms with Crippen LogP contribution in [0.4, 0.5) is 0 Å². The zero-order valence-electron chi connectivity index (χ0n) is 17.3. The highest BCUT2D eigenvalue weighted by molar-refractivity contribution is 6.08. The van der Waals surface area contributed by atoms with Crippen LogP contribution in [0.25, 0.3) is 11.0 Å². The molecule has 29 heavy (non-hydrogen) atoms. The van der Waals surface area contributed by atoms with Crippen LogP contribution in [0.1, 0.15) is 47.6 Å². The summed E-state index contributed by atoms with van der Waals surface area (Å²) in [6.07, 6.45) is 6.03. The van der Waals surface area contributed by atoms with Crippen molar-refractivity contribution in [1.29, 1.82) is 0 Å². The van der Waals surface area contributed by atoms with E-state index in [0.29, 0.717) is 16.9 Å². The maximum absolute atomic E-state index is 13.6. The van der Waals surface area contributed by atoms with E-state index in [4.69, 9.17) is 9.15 Å². The van der Waals surface area contributed by atoms with Crippen LogP contribution in [0.2, 0.25) is 0 Å². The zero-order chi connectivity index (χ0) is 20.4. The van der Waals surface area contributed by atoms with Crippen LogP contribution < -0.4 is 10.1 Å². The quantitative estimate of drug-likeness (QED) is 0.655. The fraction of sp³-hybridized carbons (Fsp3) is 0.375. The van der Waals surface area contributed by atoms with Gasteiger partial charge in [0.05, 0.1) is 25.0 Å². The van der Waals surface area contributed by atoms with E-state index in [-0.39, 0.29) is 17.5 Å². The first-order valence-electron chi connectivity index (χ1n) is 10.1. The summed E-state index contributed by atoms with van der Waals surface area (Å²) in [6.45, 7) is 0. The number of furan rings is 1. The molecule has 0 spiro atoms. The van der Waals surface area contributed by atoms with Gasteiger partial charge in [-0.15, -0.1) is 0 Å². The molecule has 1 atom stereocenters. The van der Waals surface area contributed by atoms with Crippen molar-refractivity contribution in [3.8, 4) is 5.75 Å². The summed E-state index contributed by atoms with van der Waals surface area (Å²) in [5, 5.41) is 4.13. The summed E-state index contributed by atoms with van der Waals surface area (Å²) in [6, 6.07) is 15.6. The van der Waals surface area contributed by atoms with Crippen molar-refractivity contribution in [2.45, 2.75) is 37.3 Å². The van der Waals surface area contributed by atoms with Gasteiger partial charge in [-0.1, -0.05) is 43.2 Å². The third-order valence-corrected chi connectivity index (χ3v) is 6.35. The number of hydrogen-bond donors (Lipinski definition) is 1. The number of carbonyl (C=O) groups excluding carboxylic acids is 1. The van der Waals surface area contributed by atoms with Gasteiger partial charge in [-0.2, -0.15) is 0 Å². The van der Waals surface area contributed by atoms with Gasteiger partial charge >= 0.3 is 0 Å². The molecule has 1 heterocycles. The molecule has 0 saturated heterocycles. The van der Waals surface area contributed by atoms with Crippen molar-refractivity contribution < 1.29 is 13.9 Å². The molecule has 152 valence electrons. The Bertz CT molecular complexity index is 988. The van der Waals surface area contributed by atoms with Crippen LogP contribution in [-0.4, -0.2) is 37.6 Å². The third kappa shape index (κ3) is 3.40. The Labute approximate surface area is 171 Å². The fourth-order valence-electron chi connectivity index (χ4n) is 4.79. The Morgan fingerprint density at radius 3 is 2.48 bits per heavy atom. The Morgan fingerprint density at radius 2 is 1.83 bits per heavy atom. The predicted molar refractivity (Wildman–Crippen MR) is 114 cm³/mol. The van der Waals surface area contributed by atoms with Gasteiger partial charge in [-0.05, 0) is 50.7 Å². The largest absolute Gasteiger partial charge is 0.496 e. The Morgan fingerprint density at radius 1 is 1.10 bits per heavy atom. The molecule has 0 aliphatic heterocycles. The van der Waals surface area contributed by atoms with Crippen molar-refractivity contribution in [2.24, 2.45) is 0 Å². The lowest BCUT2D eigenvalue weighted by atomic mass is 9.82. The second-order valence-electron chi connectivity index (χ2n) is 8.00. The minimum atomic E-state index is -0.143. The number of ether oxygens (including phenoxy) is 1. The molecular weight excluding hydrogens is 364 g/mol. The number of nitrogens with one attached hydrogen (secondary N) is 1. The number of rotatable bonds is 6. The van der Waals surface area contributed by atoms with E-state index in [0.717, 1.165) is 36.6 Å². The number of carbonyl (C=O) groups is 1. The van der Waals surface area contributed by atoms with Crippen LogP contribution in [0.5, 0.6) is 5.75 Å². The lowest BCUT2D eigenvalue weighted by Crippen LogP contribution is -2.53. The molecular formula is C24H28N2O3. The third-order valence-electron chi connectivity index (χ3n) is 6.35. The highest BCUT2D eigenvalue weighted by Crippen LogP contribution is 2.44. The molecule has 1 aromatic heterocycles. The molecule has 0 radical (unpaired) electrons. The second kappa shape index (κ2) is 7.91. The van der Waals surface area contributed by atoms with Crippen LogP contribution in [0, 0.1) is 0 Å². The number of amides is 1. The van der Waals surface area contributed by atoms with Gasteiger partial charge in [0.15, 0.2) is 0 Å². The van der Waals surface area contributed by atoms with Gasteiger partial charge in [0.25, 0.3) is 5.91 Å². The summed E-state index contributed by atoms with van der Waals surface area (Å²) in [5.74, 6) is 0.407. The van der Waals surface area contributed by atoms with E-state index in [1.807, 2.05) is 30.3 Å². The molecule has 5 nitrogen and oxygen atoms in total. The van der Waals surface area contributed by atoms with E-state index in [1.54, 1.807) is 19.4 Å². The molecule has 1 N–H and O–H groups in total. The molecule has 1 saturated carbocycles. The first-order chi connectivity index (χ1) is 14.1. The molecule has 1 unspecified atom stereocenters. The second-order valence-corrected chi connectivity index (χ2v) is 8.00. The van der Waals surface area contributed by atoms with E-state index in [1.165, 1.54) is 0 Å². The van der Waals surface area contributed by atoms with Crippen LogP contribution in [-0.2, 0) is 0 Å². The minimum Gasteiger partial charge on any atom is -0.496 e. The lowest BCUT2D eigenvalue weighted by Gasteiger charge is -2.44. The molecule has 0 bridgehead atoms. The van der Waals surface area contributed by atoms with E-state index < -0.39 is 0 Å². The van der Waals surface area contributed by atoms with Crippen molar-refractivity contribution in [2.75, 3.05) is 21.2 Å². The minimum absolute atomic E-state index is 0.117. The monoisotopic (exact) mass is 392 g/mol. The number of nitrogens with zero attached hydrogens (tertiary/aromatic N) is 1. The van der Waals surface area contributed by atoms with Gasteiger partial charge < -0.3 is 19.4 Å².